The van der Waals surface area contributed by atoms with Gasteiger partial charge in [-0.05, 0) is 32.4 Å². The standard InChI is InChI=1S/C11H24N2O/c1-10(2)13-7-4-6-12-9-11-5-3-8-14-11/h10-13H,3-9H2,1-2H3/t11-/m0/s1. The van der Waals surface area contributed by atoms with Gasteiger partial charge in [0.2, 0.25) is 0 Å². The first kappa shape index (κ1) is 12.0. The van der Waals surface area contributed by atoms with Gasteiger partial charge >= 0.3 is 0 Å². The average molecular weight is 200 g/mol. The van der Waals surface area contributed by atoms with Gasteiger partial charge in [0.05, 0.1) is 6.10 Å². The van der Waals surface area contributed by atoms with Crippen LogP contribution in [0, 0.1) is 0 Å². The smallest absolute Gasteiger partial charge is 0.0700 e. The highest BCUT2D eigenvalue weighted by atomic mass is 16.5. The Balaban J connectivity index is 1.79. The molecular weight excluding hydrogens is 176 g/mol. The number of ether oxygens (including phenoxy) is 1. The summed E-state index contributed by atoms with van der Waals surface area (Å²) in [5.41, 5.74) is 0. The van der Waals surface area contributed by atoms with Crippen LogP contribution in [0.1, 0.15) is 33.1 Å². The molecule has 0 radical (unpaired) electrons. The lowest BCUT2D eigenvalue weighted by Gasteiger charge is -2.11. The van der Waals surface area contributed by atoms with Crippen molar-refractivity contribution in [1.82, 2.24) is 10.6 Å². The molecule has 84 valence electrons. The van der Waals surface area contributed by atoms with E-state index in [1.165, 1.54) is 19.3 Å². The molecule has 1 aliphatic rings. The molecule has 1 aliphatic heterocycles. The Labute approximate surface area is 87.6 Å². The molecule has 0 aliphatic carbocycles. The zero-order chi connectivity index (χ0) is 10.2. The Morgan fingerprint density at radius 2 is 2.21 bits per heavy atom. The first-order valence-electron chi connectivity index (χ1n) is 5.84. The van der Waals surface area contributed by atoms with Crippen molar-refractivity contribution in [3.63, 3.8) is 0 Å². The minimum atomic E-state index is 0.480. The molecule has 0 aromatic rings. The van der Waals surface area contributed by atoms with Crippen molar-refractivity contribution < 1.29 is 4.74 Å². The quantitative estimate of drug-likeness (QED) is 0.605. The van der Waals surface area contributed by atoms with Crippen LogP contribution in [0.5, 0.6) is 0 Å². The summed E-state index contributed by atoms with van der Waals surface area (Å²) in [5.74, 6) is 0. The Hall–Kier alpha value is -0.120. The topological polar surface area (TPSA) is 33.3 Å². The van der Waals surface area contributed by atoms with Gasteiger partial charge in [-0.2, -0.15) is 0 Å². The van der Waals surface area contributed by atoms with Crippen molar-refractivity contribution in [3.8, 4) is 0 Å². The van der Waals surface area contributed by atoms with E-state index in [1.807, 2.05) is 0 Å². The van der Waals surface area contributed by atoms with Gasteiger partial charge in [-0.1, -0.05) is 13.8 Å². The molecule has 1 heterocycles. The van der Waals surface area contributed by atoms with Crippen molar-refractivity contribution in [2.45, 2.75) is 45.3 Å². The van der Waals surface area contributed by atoms with Crippen molar-refractivity contribution >= 4 is 0 Å². The fourth-order valence-corrected chi connectivity index (χ4v) is 1.67. The Morgan fingerprint density at radius 3 is 2.86 bits per heavy atom. The molecule has 1 saturated heterocycles. The van der Waals surface area contributed by atoms with E-state index in [9.17, 15) is 0 Å². The van der Waals surface area contributed by atoms with Crippen LogP contribution in [0.2, 0.25) is 0 Å². The van der Waals surface area contributed by atoms with Gasteiger partial charge in [-0.15, -0.1) is 0 Å². The predicted octanol–water partition coefficient (Wildman–Crippen LogP) is 1.14. The largest absolute Gasteiger partial charge is 0.377 e. The maximum Gasteiger partial charge on any atom is 0.0700 e. The SMILES string of the molecule is CC(C)NCCCNC[C@@H]1CCCO1. The van der Waals surface area contributed by atoms with E-state index >= 15 is 0 Å². The summed E-state index contributed by atoms with van der Waals surface area (Å²) >= 11 is 0. The van der Waals surface area contributed by atoms with Crippen molar-refractivity contribution in [1.29, 1.82) is 0 Å². The van der Waals surface area contributed by atoms with Gasteiger partial charge in [0.1, 0.15) is 0 Å². The molecule has 0 aromatic carbocycles. The Bertz CT molecular complexity index is 133. The maximum absolute atomic E-state index is 5.52. The number of hydrogen-bond acceptors (Lipinski definition) is 3. The van der Waals surface area contributed by atoms with Crippen molar-refractivity contribution in [2.24, 2.45) is 0 Å². The Morgan fingerprint density at radius 1 is 1.36 bits per heavy atom. The van der Waals surface area contributed by atoms with Gasteiger partial charge in [0.15, 0.2) is 0 Å². The fourth-order valence-electron chi connectivity index (χ4n) is 1.67. The molecule has 0 spiro atoms. The highest BCUT2D eigenvalue weighted by molar-refractivity contribution is 4.67. The van der Waals surface area contributed by atoms with E-state index in [1.54, 1.807) is 0 Å². The molecular formula is C11H24N2O. The monoisotopic (exact) mass is 200 g/mol. The van der Waals surface area contributed by atoms with Crippen molar-refractivity contribution in [3.05, 3.63) is 0 Å². The third kappa shape index (κ3) is 5.58. The summed E-state index contributed by atoms with van der Waals surface area (Å²) in [4.78, 5) is 0. The van der Waals surface area contributed by atoms with Crippen LogP contribution in [0.3, 0.4) is 0 Å². The molecule has 2 N–H and O–H groups in total. The van der Waals surface area contributed by atoms with Gasteiger partial charge in [-0.25, -0.2) is 0 Å². The van der Waals surface area contributed by atoms with E-state index in [-0.39, 0.29) is 0 Å². The predicted molar refractivity (Wildman–Crippen MR) is 59.6 cm³/mol. The van der Waals surface area contributed by atoms with E-state index < -0.39 is 0 Å². The molecule has 0 unspecified atom stereocenters. The summed E-state index contributed by atoms with van der Waals surface area (Å²) in [7, 11) is 0. The van der Waals surface area contributed by atoms with Crippen LogP contribution >= 0.6 is 0 Å². The third-order valence-corrected chi connectivity index (χ3v) is 2.48. The fraction of sp³-hybridized carbons (Fsp3) is 1.00. The molecule has 0 amide bonds. The zero-order valence-corrected chi connectivity index (χ0v) is 9.51. The summed E-state index contributed by atoms with van der Waals surface area (Å²) < 4.78 is 5.52. The highest BCUT2D eigenvalue weighted by Gasteiger charge is 2.13. The molecule has 0 saturated carbocycles. The van der Waals surface area contributed by atoms with Crippen LogP contribution < -0.4 is 10.6 Å². The second kappa shape index (κ2) is 7.21. The lowest BCUT2D eigenvalue weighted by molar-refractivity contribution is 0.110. The van der Waals surface area contributed by atoms with Crippen LogP contribution in [-0.2, 0) is 4.74 Å². The van der Waals surface area contributed by atoms with Gasteiger partial charge in [-0.3, -0.25) is 0 Å². The average Bonchev–Trinajstić information content (AvgIpc) is 2.63. The lowest BCUT2D eigenvalue weighted by atomic mass is 10.2. The minimum absolute atomic E-state index is 0.480. The zero-order valence-electron chi connectivity index (χ0n) is 9.51. The number of nitrogens with one attached hydrogen (secondary N) is 2. The Kier molecular flexibility index (Phi) is 6.15. The minimum Gasteiger partial charge on any atom is -0.377 e. The van der Waals surface area contributed by atoms with Crippen LogP contribution in [0.25, 0.3) is 0 Å². The summed E-state index contributed by atoms with van der Waals surface area (Å²) in [6, 6.07) is 0.605. The van der Waals surface area contributed by atoms with Gasteiger partial charge < -0.3 is 15.4 Å². The van der Waals surface area contributed by atoms with E-state index in [0.29, 0.717) is 12.1 Å². The first-order chi connectivity index (χ1) is 6.79. The normalized spacial score (nSPS) is 22.1. The molecule has 3 nitrogen and oxygen atoms in total. The third-order valence-electron chi connectivity index (χ3n) is 2.48. The van der Waals surface area contributed by atoms with Crippen LogP contribution in [0.4, 0.5) is 0 Å². The highest BCUT2D eigenvalue weighted by Crippen LogP contribution is 2.10. The van der Waals surface area contributed by atoms with E-state index in [0.717, 1.165) is 26.2 Å². The molecule has 14 heavy (non-hydrogen) atoms. The van der Waals surface area contributed by atoms with Gasteiger partial charge in [0, 0.05) is 19.2 Å². The molecule has 0 aromatic heterocycles. The second-order valence-electron chi connectivity index (χ2n) is 4.30. The molecule has 1 rings (SSSR count). The molecule has 1 fully saturated rings. The van der Waals surface area contributed by atoms with Crippen molar-refractivity contribution in [2.75, 3.05) is 26.2 Å². The van der Waals surface area contributed by atoms with Gasteiger partial charge in [0.25, 0.3) is 0 Å². The first-order valence-corrected chi connectivity index (χ1v) is 5.84. The summed E-state index contributed by atoms with van der Waals surface area (Å²) in [5, 5.41) is 6.84. The van der Waals surface area contributed by atoms with E-state index in [4.69, 9.17) is 4.74 Å². The number of rotatable bonds is 7. The van der Waals surface area contributed by atoms with Crippen LogP contribution in [0.15, 0.2) is 0 Å². The summed E-state index contributed by atoms with van der Waals surface area (Å²) in [6.45, 7) is 8.55. The molecule has 1 atom stereocenters. The second-order valence-corrected chi connectivity index (χ2v) is 4.30. The maximum atomic E-state index is 5.52. The molecule has 3 heteroatoms. The summed E-state index contributed by atoms with van der Waals surface area (Å²) in [6.07, 6.45) is 4.15. The van der Waals surface area contributed by atoms with Crippen LogP contribution in [-0.4, -0.2) is 38.4 Å². The molecule has 0 bridgehead atoms. The number of hydrogen-bond donors (Lipinski definition) is 2. The van der Waals surface area contributed by atoms with E-state index in [2.05, 4.69) is 24.5 Å². The lowest BCUT2D eigenvalue weighted by Crippen LogP contribution is -2.30.